The van der Waals surface area contributed by atoms with Crippen molar-refractivity contribution in [2.45, 2.75) is 19.1 Å². The Bertz CT molecular complexity index is 1190. The monoisotopic (exact) mass is 411 g/mol. The van der Waals surface area contributed by atoms with E-state index in [1.165, 1.54) is 0 Å². The molecule has 0 saturated carbocycles. The minimum Gasteiger partial charge on any atom is -0.343 e. The summed E-state index contributed by atoms with van der Waals surface area (Å²) in [5.41, 5.74) is 0.369. The summed E-state index contributed by atoms with van der Waals surface area (Å²) in [6.45, 7) is 1.76. The van der Waals surface area contributed by atoms with Gasteiger partial charge in [0.15, 0.2) is 5.69 Å². The number of carbonyl (C=O) groups is 1. The molecule has 0 aliphatic heterocycles. The van der Waals surface area contributed by atoms with Gasteiger partial charge in [0, 0.05) is 5.56 Å². The van der Waals surface area contributed by atoms with Crippen molar-refractivity contribution < 1.29 is 18.0 Å². The summed E-state index contributed by atoms with van der Waals surface area (Å²) >= 11 is 0. The van der Waals surface area contributed by atoms with Crippen molar-refractivity contribution in [2.24, 2.45) is 0 Å². The zero-order valence-electron chi connectivity index (χ0n) is 15.8. The number of halogens is 3. The molecule has 1 unspecified atom stereocenters. The molecule has 30 heavy (non-hydrogen) atoms. The van der Waals surface area contributed by atoms with Gasteiger partial charge >= 0.3 is 6.18 Å². The van der Waals surface area contributed by atoms with Gasteiger partial charge in [0.25, 0.3) is 11.7 Å². The molecule has 2 aromatic carbocycles. The third-order valence-corrected chi connectivity index (χ3v) is 4.52. The molecule has 9 heteroatoms. The van der Waals surface area contributed by atoms with E-state index in [4.69, 9.17) is 0 Å². The molecule has 0 aliphatic carbocycles. The van der Waals surface area contributed by atoms with Crippen LogP contribution >= 0.6 is 0 Å². The molecule has 0 fully saturated rings. The van der Waals surface area contributed by atoms with Gasteiger partial charge in [0.05, 0.1) is 11.7 Å². The number of amides is 1. The number of nitrogens with zero attached hydrogens (tertiary/aromatic N) is 4. The van der Waals surface area contributed by atoms with Gasteiger partial charge in [-0.15, -0.1) is 5.10 Å². The zero-order valence-corrected chi connectivity index (χ0v) is 15.8. The number of carbonyl (C=O) groups excluding carboxylic acids is 1. The van der Waals surface area contributed by atoms with Gasteiger partial charge in [-0.2, -0.15) is 22.7 Å². The standard InChI is InChI=1S/C21H16F3N5O/c1-13(14-8-4-2-5-9-14)25-19(30)18-27-20-26-16(15-10-6-3-7-11-15)12-17(21(22,23)24)29(20)28-18/h2-13H,1H3,(H,25,30). The van der Waals surface area contributed by atoms with E-state index < -0.39 is 17.8 Å². The van der Waals surface area contributed by atoms with Gasteiger partial charge in [0.2, 0.25) is 5.82 Å². The smallest absolute Gasteiger partial charge is 0.343 e. The van der Waals surface area contributed by atoms with Crippen LogP contribution in [0.15, 0.2) is 66.7 Å². The fourth-order valence-corrected chi connectivity index (χ4v) is 3.01. The Balaban J connectivity index is 1.73. The van der Waals surface area contributed by atoms with Crippen molar-refractivity contribution in [3.8, 4) is 11.3 Å². The first kappa shape index (κ1) is 19.6. The van der Waals surface area contributed by atoms with E-state index in [9.17, 15) is 18.0 Å². The highest BCUT2D eigenvalue weighted by Gasteiger charge is 2.36. The molecular weight excluding hydrogens is 395 g/mol. The molecule has 1 amide bonds. The molecule has 2 heterocycles. The first-order valence-corrected chi connectivity index (χ1v) is 9.09. The van der Waals surface area contributed by atoms with Crippen molar-refractivity contribution in [3.05, 3.63) is 83.8 Å². The molecule has 6 nitrogen and oxygen atoms in total. The maximum absolute atomic E-state index is 13.6. The van der Waals surface area contributed by atoms with Crippen LogP contribution in [0, 0.1) is 0 Å². The first-order valence-electron chi connectivity index (χ1n) is 9.09. The van der Waals surface area contributed by atoms with Gasteiger partial charge < -0.3 is 5.32 Å². The van der Waals surface area contributed by atoms with E-state index in [2.05, 4.69) is 20.4 Å². The maximum Gasteiger partial charge on any atom is 0.433 e. The van der Waals surface area contributed by atoms with Crippen LogP contribution in [0.5, 0.6) is 0 Å². The molecule has 0 bridgehead atoms. The third kappa shape index (κ3) is 3.86. The summed E-state index contributed by atoms with van der Waals surface area (Å²) in [5, 5.41) is 6.46. The summed E-state index contributed by atoms with van der Waals surface area (Å²) in [6.07, 6.45) is -4.70. The second kappa shape index (κ2) is 7.58. The van der Waals surface area contributed by atoms with Crippen LogP contribution in [0.4, 0.5) is 13.2 Å². The quantitative estimate of drug-likeness (QED) is 0.544. The summed E-state index contributed by atoms with van der Waals surface area (Å²) in [5.74, 6) is -1.38. The van der Waals surface area contributed by atoms with Crippen LogP contribution in [-0.4, -0.2) is 25.5 Å². The van der Waals surface area contributed by atoms with E-state index in [0.29, 0.717) is 10.1 Å². The Hall–Kier alpha value is -3.75. The molecule has 152 valence electrons. The van der Waals surface area contributed by atoms with Crippen molar-refractivity contribution in [1.29, 1.82) is 0 Å². The van der Waals surface area contributed by atoms with Crippen LogP contribution in [0.3, 0.4) is 0 Å². The molecule has 4 rings (SSSR count). The van der Waals surface area contributed by atoms with Crippen molar-refractivity contribution >= 4 is 11.7 Å². The Labute approximate surface area is 169 Å². The average Bonchev–Trinajstić information content (AvgIpc) is 3.18. The predicted octanol–water partition coefficient (Wildman–Crippen LogP) is 4.30. The largest absolute Gasteiger partial charge is 0.433 e. The van der Waals surface area contributed by atoms with E-state index >= 15 is 0 Å². The number of rotatable bonds is 4. The highest BCUT2D eigenvalue weighted by atomic mass is 19.4. The Kier molecular flexibility index (Phi) is 4.94. The highest BCUT2D eigenvalue weighted by Crippen LogP contribution is 2.31. The predicted molar refractivity (Wildman–Crippen MR) is 104 cm³/mol. The molecular formula is C21H16F3N5O. The molecule has 0 spiro atoms. The van der Waals surface area contributed by atoms with E-state index in [-0.39, 0.29) is 23.3 Å². The van der Waals surface area contributed by atoms with Gasteiger partial charge in [0.1, 0.15) is 0 Å². The van der Waals surface area contributed by atoms with Gasteiger partial charge in [-0.25, -0.2) is 4.98 Å². The normalized spacial score (nSPS) is 12.7. The third-order valence-electron chi connectivity index (χ3n) is 4.52. The molecule has 1 N–H and O–H groups in total. The fraction of sp³-hybridized carbons (Fsp3) is 0.143. The number of aromatic nitrogens is 4. The molecule has 4 aromatic rings. The fourth-order valence-electron chi connectivity index (χ4n) is 3.01. The van der Waals surface area contributed by atoms with Crippen molar-refractivity contribution in [3.63, 3.8) is 0 Å². The molecule has 0 radical (unpaired) electrons. The minimum absolute atomic E-state index is 0.0902. The van der Waals surface area contributed by atoms with Crippen LogP contribution < -0.4 is 5.32 Å². The summed E-state index contributed by atoms with van der Waals surface area (Å²) in [4.78, 5) is 20.7. The Morgan fingerprint density at radius 2 is 1.63 bits per heavy atom. The Morgan fingerprint density at radius 3 is 2.27 bits per heavy atom. The second-order valence-electron chi connectivity index (χ2n) is 6.64. The summed E-state index contributed by atoms with van der Waals surface area (Å²) in [6, 6.07) is 18.1. The van der Waals surface area contributed by atoms with Crippen LogP contribution in [-0.2, 0) is 6.18 Å². The number of benzene rings is 2. The highest BCUT2D eigenvalue weighted by molar-refractivity contribution is 5.91. The van der Waals surface area contributed by atoms with Crippen LogP contribution in [0.1, 0.15) is 34.8 Å². The molecule has 1 atom stereocenters. The number of fused-ring (bicyclic) bond motifs is 1. The van der Waals surface area contributed by atoms with Gasteiger partial charge in [-0.3, -0.25) is 4.79 Å². The van der Waals surface area contributed by atoms with Gasteiger partial charge in [-0.1, -0.05) is 60.7 Å². The summed E-state index contributed by atoms with van der Waals surface area (Å²) in [7, 11) is 0. The van der Waals surface area contributed by atoms with Gasteiger partial charge in [-0.05, 0) is 18.6 Å². The second-order valence-corrected chi connectivity index (χ2v) is 6.64. The lowest BCUT2D eigenvalue weighted by Gasteiger charge is -2.12. The lowest BCUT2D eigenvalue weighted by molar-refractivity contribution is -0.142. The van der Waals surface area contributed by atoms with E-state index in [1.807, 2.05) is 30.3 Å². The van der Waals surface area contributed by atoms with Crippen molar-refractivity contribution in [1.82, 2.24) is 24.9 Å². The van der Waals surface area contributed by atoms with Crippen molar-refractivity contribution in [2.75, 3.05) is 0 Å². The maximum atomic E-state index is 13.6. The Morgan fingerprint density at radius 1 is 1.00 bits per heavy atom. The number of nitrogens with one attached hydrogen (secondary N) is 1. The minimum atomic E-state index is -4.70. The molecule has 2 aromatic heterocycles. The topological polar surface area (TPSA) is 72.2 Å². The van der Waals surface area contributed by atoms with E-state index in [1.54, 1.807) is 37.3 Å². The van der Waals surface area contributed by atoms with Crippen LogP contribution in [0.25, 0.3) is 17.0 Å². The first-order chi connectivity index (χ1) is 14.3. The number of hydrogen-bond acceptors (Lipinski definition) is 4. The lowest BCUT2D eigenvalue weighted by atomic mass is 10.1. The number of hydrogen-bond donors (Lipinski definition) is 1. The number of alkyl halides is 3. The SMILES string of the molecule is CC(NC(=O)c1nc2nc(-c3ccccc3)cc(C(F)(F)F)n2n1)c1ccccc1. The summed E-state index contributed by atoms with van der Waals surface area (Å²) < 4.78 is 41.5. The van der Waals surface area contributed by atoms with Crippen LogP contribution in [0.2, 0.25) is 0 Å². The van der Waals surface area contributed by atoms with E-state index in [0.717, 1.165) is 11.6 Å². The molecule has 0 saturated heterocycles. The zero-order chi connectivity index (χ0) is 21.3. The molecule has 0 aliphatic rings. The lowest BCUT2D eigenvalue weighted by Crippen LogP contribution is -2.27. The average molecular weight is 411 g/mol.